The summed E-state index contributed by atoms with van der Waals surface area (Å²) < 4.78 is 11.1. The summed E-state index contributed by atoms with van der Waals surface area (Å²) in [5, 5.41) is 3.43. The number of aryl methyl sites for hydroxylation is 2. The summed E-state index contributed by atoms with van der Waals surface area (Å²) >= 11 is 5.80. The van der Waals surface area contributed by atoms with E-state index in [0.717, 1.165) is 28.2 Å². The van der Waals surface area contributed by atoms with Gasteiger partial charge in [-0.25, -0.2) is 0 Å². The van der Waals surface area contributed by atoms with E-state index in [2.05, 4.69) is 11.4 Å². The van der Waals surface area contributed by atoms with E-state index < -0.39 is 0 Å². The molecule has 0 heterocycles. The van der Waals surface area contributed by atoms with E-state index in [1.54, 1.807) is 24.3 Å². The highest BCUT2D eigenvalue weighted by Gasteiger charge is 2.07. The van der Waals surface area contributed by atoms with Crippen molar-refractivity contribution in [3.8, 4) is 11.5 Å². The van der Waals surface area contributed by atoms with E-state index >= 15 is 0 Å². The lowest BCUT2D eigenvalue weighted by molar-refractivity contribution is -0.123. The van der Waals surface area contributed by atoms with Crippen LogP contribution in [0.4, 0.5) is 0 Å². The van der Waals surface area contributed by atoms with Gasteiger partial charge in [0.15, 0.2) is 6.61 Å². The van der Waals surface area contributed by atoms with Crippen LogP contribution in [0.25, 0.3) is 0 Å². The first kappa shape index (κ1) is 18.1. The number of hydrogen-bond acceptors (Lipinski definition) is 3. The molecule has 0 spiro atoms. The maximum absolute atomic E-state index is 11.8. The fraction of sp³-hybridized carbons (Fsp3) is 0.316. The third-order valence-electron chi connectivity index (χ3n) is 3.63. The third kappa shape index (κ3) is 5.46. The fourth-order valence-corrected chi connectivity index (χ4v) is 2.36. The second-order valence-electron chi connectivity index (χ2n) is 5.65. The Hall–Kier alpha value is -2.20. The average Bonchev–Trinajstić information content (AvgIpc) is 2.55. The molecule has 4 nitrogen and oxygen atoms in total. The summed E-state index contributed by atoms with van der Waals surface area (Å²) in [5.74, 6) is 1.30. The molecule has 1 amide bonds. The highest BCUT2D eigenvalue weighted by atomic mass is 35.5. The molecule has 0 saturated heterocycles. The van der Waals surface area contributed by atoms with Gasteiger partial charge >= 0.3 is 0 Å². The summed E-state index contributed by atoms with van der Waals surface area (Å²) in [6.45, 7) is 6.82. The maximum atomic E-state index is 11.8. The summed E-state index contributed by atoms with van der Waals surface area (Å²) in [6, 6.07) is 11.1. The highest BCUT2D eigenvalue weighted by Crippen LogP contribution is 2.23. The van der Waals surface area contributed by atoms with Crippen LogP contribution in [0.5, 0.6) is 11.5 Å². The van der Waals surface area contributed by atoms with Crippen molar-refractivity contribution in [3.63, 3.8) is 0 Å². The van der Waals surface area contributed by atoms with Gasteiger partial charge in [0.2, 0.25) is 0 Å². The number of rotatable bonds is 7. The number of benzene rings is 2. The van der Waals surface area contributed by atoms with Crippen LogP contribution in [0.3, 0.4) is 0 Å². The van der Waals surface area contributed by atoms with Crippen molar-refractivity contribution in [2.24, 2.45) is 0 Å². The van der Waals surface area contributed by atoms with Gasteiger partial charge in [-0.2, -0.15) is 0 Å². The summed E-state index contributed by atoms with van der Waals surface area (Å²) in [6.07, 6.45) is 0. The molecule has 2 aromatic rings. The van der Waals surface area contributed by atoms with Crippen molar-refractivity contribution >= 4 is 17.5 Å². The van der Waals surface area contributed by atoms with Gasteiger partial charge in [-0.1, -0.05) is 17.7 Å². The minimum Gasteiger partial charge on any atom is -0.492 e. The molecule has 2 aromatic carbocycles. The maximum Gasteiger partial charge on any atom is 0.258 e. The molecule has 0 atom stereocenters. The number of ether oxygens (including phenoxy) is 2. The van der Waals surface area contributed by atoms with E-state index in [0.29, 0.717) is 18.2 Å². The van der Waals surface area contributed by atoms with Gasteiger partial charge in [0.05, 0.1) is 6.54 Å². The van der Waals surface area contributed by atoms with Crippen LogP contribution in [-0.2, 0) is 4.79 Å². The Labute approximate surface area is 147 Å². The SMILES string of the molecule is Cc1cc(C)c(C)c(OCC(=O)NCCOc2ccc(Cl)cc2)c1. The van der Waals surface area contributed by atoms with Gasteiger partial charge in [-0.15, -0.1) is 0 Å². The van der Waals surface area contributed by atoms with Crippen LogP contribution in [0, 0.1) is 20.8 Å². The smallest absolute Gasteiger partial charge is 0.258 e. The van der Waals surface area contributed by atoms with Crippen LogP contribution in [0.2, 0.25) is 5.02 Å². The van der Waals surface area contributed by atoms with Crippen molar-refractivity contribution in [1.82, 2.24) is 5.32 Å². The number of nitrogens with one attached hydrogen (secondary N) is 1. The Morgan fingerprint density at radius 2 is 1.79 bits per heavy atom. The van der Waals surface area contributed by atoms with Crippen LogP contribution in [0.15, 0.2) is 36.4 Å². The molecule has 0 fully saturated rings. The zero-order valence-corrected chi connectivity index (χ0v) is 14.9. The Bertz CT molecular complexity index is 699. The van der Waals surface area contributed by atoms with Gasteiger partial charge in [0.25, 0.3) is 5.91 Å². The second-order valence-corrected chi connectivity index (χ2v) is 6.08. The minimum absolute atomic E-state index is 0.00925. The molecule has 5 heteroatoms. The molecule has 0 aliphatic carbocycles. The average molecular weight is 348 g/mol. The molecular formula is C19H22ClNO3. The third-order valence-corrected chi connectivity index (χ3v) is 3.88. The molecule has 1 N–H and O–H groups in total. The lowest BCUT2D eigenvalue weighted by Crippen LogP contribution is -2.32. The molecule has 0 saturated carbocycles. The quantitative estimate of drug-likeness (QED) is 0.774. The van der Waals surface area contributed by atoms with Crippen molar-refractivity contribution in [2.45, 2.75) is 20.8 Å². The van der Waals surface area contributed by atoms with E-state index in [1.807, 2.05) is 26.8 Å². The Balaban J connectivity index is 1.71. The number of amides is 1. The van der Waals surface area contributed by atoms with Gasteiger partial charge < -0.3 is 14.8 Å². The molecule has 0 aliphatic heterocycles. The number of carbonyl (C=O) groups is 1. The van der Waals surface area contributed by atoms with Crippen molar-refractivity contribution in [2.75, 3.05) is 19.8 Å². The van der Waals surface area contributed by atoms with E-state index in [4.69, 9.17) is 21.1 Å². The normalized spacial score (nSPS) is 10.3. The molecule has 2 rings (SSSR count). The molecule has 0 bridgehead atoms. The van der Waals surface area contributed by atoms with Crippen molar-refractivity contribution in [3.05, 3.63) is 58.1 Å². The molecule has 0 aliphatic rings. The lowest BCUT2D eigenvalue weighted by Gasteiger charge is -2.12. The number of hydrogen-bond donors (Lipinski definition) is 1. The molecule has 0 radical (unpaired) electrons. The van der Waals surface area contributed by atoms with Crippen molar-refractivity contribution < 1.29 is 14.3 Å². The highest BCUT2D eigenvalue weighted by molar-refractivity contribution is 6.30. The predicted octanol–water partition coefficient (Wildman–Crippen LogP) is 3.84. The Kier molecular flexibility index (Phi) is 6.50. The van der Waals surface area contributed by atoms with Crippen LogP contribution >= 0.6 is 11.6 Å². The van der Waals surface area contributed by atoms with Gasteiger partial charge in [-0.3, -0.25) is 4.79 Å². The monoisotopic (exact) mass is 347 g/mol. The molecular weight excluding hydrogens is 326 g/mol. The van der Waals surface area contributed by atoms with Crippen LogP contribution < -0.4 is 14.8 Å². The van der Waals surface area contributed by atoms with Crippen LogP contribution in [0.1, 0.15) is 16.7 Å². The summed E-state index contributed by atoms with van der Waals surface area (Å²) in [4.78, 5) is 11.8. The first-order valence-corrected chi connectivity index (χ1v) is 8.19. The Morgan fingerprint density at radius 3 is 2.50 bits per heavy atom. The van der Waals surface area contributed by atoms with E-state index in [-0.39, 0.29) is 12.5 Å². The van der Waals surface area contributed by atoms with Crippen molar-refractivity contribution in [1.29, 1.82) is 0 Å². The lowest BCUT2D eigenvalue weighted by atomic mass is 10.1. The summed E-state index contributed by atoms with van der Waals surface area (Å²) in [7, 11) is 0. The van der Waals surface area contributed by atoms with Gasteiger partial charge in [0.1, 0.15) is 18.1 Å². The fourth-order valence-electron chi connectivity index (χ4n) is 2.24. The first-order chi connectivity index (χ1) is 11.5. The summed E-state index contributed by atoms with van der Waals surface area (Å²) in [5.41, 5.74) is 3.33. The predicted molar refractivity (Wildman–Crippen MR) is 96.1 cm³/mol. The molecule has 0 unspecified atom stereocenters. The van der Waals surface area contributed by atoms with Gasteiger partial charge in [0, 0.05) is 5.02 Å². The van der Waals surface area contributed by atoms with E-state index in [1.165, 1.54) is 0 Å². The zero-order valence-electron chi connectivity index (χ0n) is 14.2. The van der Waals surface area contributed by atoms with Gasteiger partial charge in [-0.05, 0) is 67.8 Å². The minimum atomic E-state index is -0.173. The van der Waals surface area contributed by atoms with Crippen LogP contribution in [-0.4, -0.2) is 25.7 Å². The van der Waals surface area contributed by atoms with E-state index in [9.17, 15) is 4.79 Å². The zero-order chi connectivity index (χ0) is 17.5. The molecule has 128 valence electrons. The largest absolute Gasteiger partial charge is 0.492 e. The number of carbonyl (C=O) groups excluding carboxylic acids is 1. The standard InChI is InChI=1S/C19H22ClNO3/c1-13-10-14(2)15(3)18(11-13)24-12-19(22)21-8-9-23-17-6-4-16(20)5-7-17/h4-7,10-11H,8-9,12H2,1-3H3,(H,21,22). The topological polar surface area (TPSA) is 47.6 Å². The first-order valence-electron chi connectivity index (χ1n) is 7.81. The Morgan fingerprint density at radius 1 is 1.08 bits per heavy atom. The second kappa shape index (κ2) is 8.60. The number of halogens is 1. The molecule has 0 aromatic heterocycles. The molecule has 24 heavy (non-hydrogen) atoms.